The number of para-hydroxylation sites is 1. The monoisotopic (exact) mass is 328 g/mol. The van der Waals surface area contributed by atoms with Gasteiger partial charge in [-0.15, -0.1) is 0 Å². The minimum absolute atomic E-state index is 0.520. The van der Waals surface area contributed by atoms with Gasteiger partial charge in [-0.1, -0.05) is 24.3 Å². The third kappa shape index (κ3) is 5.89. The molecule has 2 N–H and O–H groups in total. The van der Waals surface area contributed by atoms with E-state index >= 15 is 0 Å². The van der Waals surface area contributed by atoms with Crippen molar-refractivity contribution in [2.24, 2.45) is 4.99 Å². The van der Waals surface area contributed by atoms with Crippen LogP contribution >= 0.6 is 0 Å². The zero-order valence-corrected chi connectivity index (χ0v) is 14.2. The molecule has 1 aromatic carbocycles. The smallest absolute Gasteiger partial charge is 0.191 e. The third-order valence-corrected chi connectivity index (χ3v) is 3.38. The summed E-state index contributed by atoms with van der Waals surface area (Å²) in [5.41, 5.74) is 2.01. The second-order valence-corrected chi connectivity index (χ2v) is 5.04. The Morgan fingerprint density at radius 3 is 2.71 bits per heavy atom. The summed E-state index contributed by atoms with van der Waals surface area (Å²) in [6.07, 6.45) is 1.78. The van der Waals surface area contributed by atoms with Crippen molar-refractivity contribution >= 4 is 5.96 Å². The van der Waals surface area contributed by atoms with Crippen molar-refractivity contribution in [1.29, 1.82) is 0 Å². The Labute approximate surface area is 142 Å². The van der Waals surface area contributed by atoms with Crippen molar-refractivity contribution in [3.8, 4) is 5.75 Å². The van der Waals surface area contributed by atoms with E-state index in [0.29, 0.717) is 26.3 Å². The highest BCUT2D eigenvalue weighted by Crippen LogP contribution is 2.17. The van der Waals surface area contributed by atoms with Gasteiger partial charge < -0.3 is 20.1 Å². The molecule has 0 radical (unpaired) electrons. The van der Waals surface area contributed by atoms with Crippen LogP contribution < -0.4 is 15.4 Å². The summed E-state index contributed by atoms with van der Waals surface area (Å²) in [6, 6.07) is 13.7. The molecule has 0 atom stereocenters. The first-order valence-electron chi connectivity index (χ1n) is 7.87. The van der Waals surface area contributed by atoms with E-state index in [1.54, 1.807) is 20.4 Å². The van der Waals surface area contributed by atoms with E-state index in [1.807, 2.05) is 42.5 Å². The first-order valence-corrected chi connectivity index (χ1v) is 7.87. The van der Waals surface area contributed by atoms with Crippen molar-refractivity contribution in [3.05, 3.63) is 59.9 Å². The normalized spacial score (nSPS) is 11.2. The lowest BCUT2D eigenvalue weighted by atomic mass is 10.2. The lowest BCUT2D eigenvalue weighted by Crippen LogP contribution is -2.38. The maximum absolute atomic E-state index is 5.68. The fourth-order valence-corrected chi connectivity index (χ4v) is 2.14. The number of pyridine rings is 1. The fraction of sp³-hybridized carbons (Fsp3) is 0.333. The van der Waals surface area contributed by atoms with Gasteiger partial charge in [0.1, 0.15) is 5.75 Å². The van der Waals surface area contributed by atoms with Crippen LogP contribution in [-0.2, 0) is 17.9 Å². The first kappa shape index (κ1) is 17.7. The number of hydrogen-bond acceptors (Lipinski definition) is 4. The number of ether oxygens (including phenoxy) is 2. The molecule has 128 valence electrons. The van der Waals surface area contributed by atoms with Gasteiger partial charge >= 0.3 is 0 Å². The van der Waals surface area contributed by atoms with Crippen LogP contribution in [0.1, 0.15) is 11.3 Å². The molecule has 0 unspecified atom stereocenters. The highest BCUT2D eigenvalue weighted by Gasteiger charge is 2.02. The second kappa shape index (κ2) is 10.2. The molecule has 2 aromatic rings. The number of methoxy groups -OCH3 is 1. The van der Waals surface area contributed by atoms with Gasteiger partial charge in [0.05, 0.1) is 32.6 Å². The van der Waals surface area contributed by atoms with E-state index in [4.69, 9.17) is 9.47 Å². The SMILES string of the molecule is CN=C(NCCOCc1ccccc1OC)NCc1ccccn1. The van der Waals surface area contributed by atoms with Gasteiger partial charge in [0, 0.05) is 25.4 Å². The van der Waals surface area contributed by atoms with Crippen LogP contribution in [0.4, 0.5) is 0 Å². The number of nitrogens with one attached hydrogen (secondary N) is 2. The number of aliphatic imine (C=N–C) groups is 1. The molecular weight excluding hydrogens is 304 g/mol. The molecule has 6 heteroatoms. The van der Waals surface area contributed by atoms with Gasteiger partial charge in [0.25, 0.3) is 0 Å². The summed E-state index contributed by atoms with van der Waals surface area (Å²) in [6.45, 7) is 2.38. The van der Waals surface area contributed by atoms with E-state index < -0.39 is 0 Å². The summed E-state index contributed by atoms with van der Waals surface area (Å²) >= 11 is 0. The Balaban J connectivity index is 1.65. The molecule has 0 bridgehead atoms. The highest BCUT2D eigenvalue weighted by atomic mass is 16.5. The van der Waals surface area contributed by atoms with Crippen molar-refractivity contribution in [3.63, 3.8) is 0 Å². The second-order valence-electron chi connectivity index (χ2n) is 5.04. The van der Waals surface area contributed by atoms with E-state index in [-0.39, 0.29) is 0 Å². The number of rotatable bonds is 8. The molecule has 6 nitrogen and oxygen atoms in total. The Bertz CT molecular complexity index is 632. The van der Waals surface area contributed by atoms with Gasteiger partial charge in [-0.2, -0.15) is 0 Å². The highest BCUT2D eigenvalue weighted by molar-refractivity contribution is 5.79. The van der Waals surface area contributed by atoms with Gasteiger partial charge in [-0.3, -0.25) is 9.98 Å². The number of nitrogens with zero attached hydrogens (tertiary/aromatic N) is 2. The summed E-state index contributed by atoms with van der Waals surface area (Å²) < 4.78 is 11.0. The molecule has 0 spiro atoms. The van der Waals surface area contributed by atoms with Crippen molar-refractivity contribution in [1.82, 2.24) is 15.6 Å². The zero-order valence-electron chi connectivity index (χ0n) is 14.2. The Hall–Kier alpha value is -2.60. The minimum Gasteiger partial charge on any atom is -0.496 e. The predicted molar refractivity (Wildman–Crippen MR) is 95.1 cm³/mol. The lowest BCUT2D eigenvalue weighted by Gasteiger charge is -2.12. The maximum Gasteiger partial charge on any atom is 0.191 e. The molecule has 0 fully saturated rings. The van der Waals surface area contributed by atoms with Crippen molar-refractivity contribution in [2.75, 3.05) is 27.3 Å². The maximum atomic E-state index is 5.68. The van der Waals surface area contributed by atoms with Crippen LogP contribution in [-0.4, -0.2) is 38.3 Å². The predicted octanol–water partition coefficient (Wildman–Crippen LogP) is 1.97. The molecular formula is C18H24N4O2. The molecule has 0 aliphatic rings. The third-order valence-electron chi connectivity index (χ3n) is 3.38. The summed E-state index contributed by atoms with van der Waals surface area (Å²) in [4.78, 5) is 8.44. The molecule has 0 aliphatic heterocycles. The Morgan fingerprint density at radius 1 is 1.12 bits per heavy atom. The average molecular weight is 328 g/mol. The fourth-order valence-electron chi connectivity index (χ4n) is 2.14. The zero-order chi connectivity index (χ0) is 17.0. The largest absolute Gasteiger partial charge is 0.496 e. The number of hydrogen-bond donors (Lipinski definition) is 2. The number of aromatic nitrogens is 1. The molecule has 1 aromatic heterocycles. The van der Waals surface area contributed by atoms with Crippen LogP contribution in [0.5, 0.6) is 5.75 Å². The summed E-state index contributed by atoms with van der Waals surface area (Å²) in [5, 5.41) is 6.42. The molecule has 0 saturated heterocycles. The van der Waals surface area contributed by atoms with Crippen LogP contribution in [0, 0.1) is 0 Å². The summed E-state index contributed by atoms with van der Waals surface area (Å²) in [5.74, 6) is 1.57. The minimum atomic E-state index is 0.520. The van der Waals surface area contributed by atoms with Crippen LogP contribution in [0.25, 0.3) is 0 Å². The number of benzene rings is 1. The topological polar surface area (TPSA) is 67.8 Å². The van der Waals surface area contributed by atoms with Gasteiger partial charge in [-0.25, -0.2) is 0 Å². The Kier molecular flexibility index (Phi) is 7.56. The summed E-state index contributed by atoms with van der Waals surface area (Å²) in [7, 11) is 3.40. The quantitative estimate of drug-likeness (QED) is 0.440. The first-order chi connectivity index (χ1) is 11.8. The van der Waals surface area contributed by atoms with Gasteiger partial charge in [-0.05, 0) is 18.2 Å². The molecule has 0 amide bonds. The van der Waals surface area contributed by atoms with Crippen molar-refractivity contribution in [2.45, 2.75) is 13.2 Å². The van der Waals surface area contributed by atoms with Gasteiger partial charge in [0.15, 0.2) is 5.96 Å². The van der Waals surface area contributed by atoms with Crippen LogP contribution in [0.2, 0.25) is 0 Å². The molecule has 1 heterocycles. The van der Waals surface area contributed by atoms with Crippen LogP contribution in [0.15, 0.2) is 53.7 Å². The van der Waals surface area contributed by atoms with E-state index in [1.165, 1.54) is 0 Å². The van der Waals surface area contributed by atoms with Crippen LogP contribution in [0.3, 0.4) is 0 Å². The van der Waals surface area contributed by atoms with Crippen molar-refractivity contribution < 1.29 is 9.47 Å². The molecule has 0 aliphatic carbocycles. The standard InChI is InChI=1S/C18H24N4O2/c1-19-18(22-13-16-8-5-6-10-20-16)21-11-12-24-14-15-7-3-4-9-17(15)23-2/h3-10H,11-14H2,1-2H3,(H2,19,21,22). The molecule has 2 rings (SSSR count). The van der Waals surface area contributed by atoms with E-state index in [2.05, 4.69) is 20.6 Å². The van der Waals surface area contributed by atoms with E-state index in [0.717, 1.165) is 23.0 Å². The lowest BCUT2D eigenvalue weighted by molar-refractivity contribution is 0.123. The number of guanidine groups is 1. The van der Waals surface area contributed by atoms with E-state index in [9.17, 15) is 0 Å². The Morgan fingerprint density at radius 2 is 1.96 bits per heavy atom. The molecule has 0 saturated carbocycles. The average Bonchev–Trinajstić information content (AvgIpc) is 2.65. The van der Waals surface area contributed by atoms with Gasteiger partial charge in [0.2, 0.25) is 0 Å². The molecule has 24 heavy (non-hydrogen) atoms.